The summed E-state index contributed by atoms with van der Waals surface area (Å²) in [5.41, 5.74) is 9.52. The summed E-state index contributed by atoms with van der Waals surface area (Å²) in [4.78, 5) is 4.84. The third-order valence-corrected chi connectivity index (χ3v) is 8.23. The summed E-state index contributed by atoms with van der Waals surface area (Å²) in [5, 5.41) is 13.9. The Morgan fingerprint density at radius 2 is 1.16 bits per heavy atom. The fraction of sp³-hybridized carbons (Fsp3) is 0. The fourth-order valence-electron chi connectivity index (χ4n) is 6.19. The lowest BCUT2D eigenvalue weighted by molar-refractivity contribution is 1.37. The van der Waals surface area contributed by atoms with Crippen molar-refractivity contribution < 1.29 is 0 Å². The number of aliphatic imine (C=N–C) groups is 1. The van der Waals surface area contributed by atoms with Crippen LogP contribution in [0.25, 0.3) is 55.3 Å². The summed E-state index contributed by atoms with van der Waals surface area (Å²) < 4.78 is 2.40. The van der Waals surface area contributed by atoms with Crippen LogP contribution in [-0.2, 0) is 0 Å². The maximum absolute atomic E-state index is 8.78. The number of para-hydroxylation sites is 2. The van der Waals surface area contributed by atoms with E-state index in [2.05, 4.69) is 120 Å². The molecule has 0 unspecified atom stereocenters. The summed E-state index contributed by atoms with van der Waals surface area (Å²) >= 11 is 0. The molecule has 0 saturated carbocycles. The summed E-state index contributed by atoms with van der Waals surface area (Å²) in [5.74, 6) is 0.232. The number of hydrogen-bond donors (Lipinski definition) is 1. The van der Waals surface area contributed by atoms with Crippen molar-refractivity contribution >= 4 is 55.7 Å². The highest BCUT2D eigenvalue weighted by molar-refractivity contribution is 6.23. The summed E-state index contributed by atoms with van der Waals surface area (Å²) in [7, 11) is 0. The molecule has 0 aliphatic carbocycles. The van der Waals surface area contributed by atoms with Crippen molar-refractivity contribution in [3.63, 3.8) is 0 Å². The Labute approximate surface area is 249 Å². The molecular weight excluding hydrogens is 522 g/mol. The Bertz CT molecular complexity index is 2340. The van der Waals surface area contributed by atoms with Gasteiger partial charge in [-0.25, -0.2) is 4.99 Å². The minimum atomic E-state index is 0.232. The first-order chi connectivity index (χ1) is 21.2. The molecule has 2 heterocycles. The second kappa shape index (κ2) is 10.2. The molecule has 0 aliphatic rings. The molecule has 8 aromatic rings. The summed E-state index contributed by atoms with van der Waals surface area (Å²) in [6, 6.07) is 50.3. The molecule has 3 heteroatoms. The van der Waals surface area contributed by atoms with Gasteiger partial charge in [0.15, 0.2) is 5.84 Å². The Morgan fingerprint density at radius 1 is 0.535 bits per heavy atom. The van der Waals surface area contributed by atoms with Gasteiger partial charge in [-0.3, -0.25) is 5.41 Å². The maximum Gasteiger partial charge on any atom is 0.152 e. The van der Waals surface area contributed by atoms with Gasteiger partial charge in [0, 0.05) is 32.7 Å². The smallest absolute Gasteiger partial charge is 0.152 e. The van der Waals surface area contributed by atoms with Gasteiger partial charge in [0.05, 0.1) is 22.3 Å². The van der Waals surface area contributed by atoms with E-state index in [-0.39, 0.29) is 5.84 Å². The zero-order valence-corrected chi connectivity index (χ0v) is 23.4. The van der Waals surface area contributed by atoms with Crippen LogP contribution in [0.15, 0.2) is 157 Å². The average molecular weight is 550 g/mol. The normalized spacial score (nSPS) is 12.3. The van der Waals surface area contributed by atoms with E-state index in [1.807, 2.05) is 42.5 Å². The van der Waals surface area contributed by atoms with Crippen molar-refractivity contribution in [3.05, 3.63) is 168 Å². The number of hydrogen-bond acceptors (Lipinski definition) is 1. The van der Waals surface area contributed by atoms with Crippen LogP contribution < -0.4 is 0 Å². The number of nitrogens with zero attached hydrogens (tertiary/aromatic N) is 2. The number of rotatable bonds is 5. The fourth-order valence-corrected chi connectivity index (χ4v) is 6.19. The molecule has 0 amide bonds. The average Bonchev–Trinajstić information content (AvgIpc) is 3.59. The highest BCUT2D eigenvalue weighted by Crippen LogP contribution is 2.39. The lowest BCUT2D eigenvalue weighted by Gasteiger charge is -2.08. The van der Waals surface area contributed by atoms with Gasteiger partial charge in [-0.1, -0.05) is 133 Å². The van der Waals surface area contributed by atoms with Gasteiger partial charge < -0.3 is 4.40 Å². The van der Waals surface area contributed by atoms with Crippen LogP contribution in [-0.4, -0.2) is 15.9 Å². The zero-order chi connectivity index (χ0) is 28.8. The lowest BCUT2D eigenvalue weighted by atomic mass is 10.00. The zero-order valence-electron chi connectivity index (χ0n) is 23.4. The first-order valence-electron chi connectivity index (χ1n) is 14.5. The van der Waals surface area contributed by atoms with E-state index < -0.39 is 0 Å². The molecule has 0 spiro atoms. The van der Waals surface area contributed by atoms with Crippen molar-refractivity contribution in [2.75, 3.05) is 0 Å². The number of aromatic nitrogens is 1. The van der Waals surface area contributed by atoms with E-state index in [4.69, 9.17) is 10.4 Å². The molecule has 0 saturated heterocycles. The molecule has 0 bridgehead atoms. The van der Waals surface area contributed by atoms with Crippen LogP contribution in [0.3, 0.4) is 0 Å². The molecule has 0 fully saturated rings. The monoisotopic (exact) mass is 549 g/mol. The second-order valence-corrected chi connectivity index (χ2v) is 10.8. The Balaban J connectivity index is 1.26. The van der Waals surface area contributed by atoms with Gasteiger partial charge in [0.1, 0.15) is 0 Å². The molecule has 0 aliphatic heterocycles. The Morgan fingerprint density at radius 3 is 1.98 bits per heavy atom. The molecule has 3 nitrogen and oxygen atoms in total. The number of amidine groups is 1. The van der Waals surface area contributed by atoms with Crippen molar-refractivity contribution in [1.29, 1.82) is 5.41 Å². The van der Waals surface area contributed by atoms with Crippen LogP contribution in [0.2, 0.25) is 0 Å². The first kappa shape index (κ1) is 25.0. The molecule has 43 heavy (non-hydrogen) atoms. The van der Waals surface area contributed by atoms with E-state index in [1.165, 1.54) is 38.1 Å². The number of allylic oxidation sites excluding steroid dienone is 1. The Kier molecular flexibility index (Phi) is 5.94. The molecular formula is C40H27N3. The predicted octanol–water partition coefficient (Wildman–Crippen LogP) is 10.0. The third kappa shape index (κ3) is 4.30. The van der Waals surface area contributed by atoms with E-state index in [9.17, 15) is 0 Å². The van der Waals surface area contributed by atoms with Gasteiger partial charge in [0.2, 0.25) is 0 Å². The standard InChI is InChI=1S/C40H27N3/c41-40(29-13-5-2-6-14-29)42-36(31-16-9-15-30(26-31)28-11-3-1-4-12-28)24-22-27-21-23-33-35-19-10-18-34-32-17-7-8-20-37(32)43(39(34)35)38(33)25-27/h1-26,41H/b24-22+,41-40?,42-36?. The molecule has 2 aromatic heterocycles. The van der Waals surface area contributed by atoms with Crippen molar-refractivity contribution in [2.24, 2.45) is 4.99 Å². The minimum Gasteiger partial charge on any atom is -0.308 e. The minimum absolute atomic E-state index is 0.232. The number of nitrogens with one attached hydrogen (secondary N) is 1. The van der Waals surface area contributed by atoms with Gasteiger partial charge in [-0.15, -0.1) is 0 Å². The van der Waals surface area contributed by atoms with Crippen molar-refractivity contribution in [1.82, 2.24) is 4.40 Å². The van der Waals surface area contributed by atoms with E-state index in [1.54, 1.807) is 0 Å². The molecule has 0 radical (unpaired) electrons. The van der Waals surface area contributed by atoms with E-state index in [0.29, 0.717) is 0 Å². The van der Waals surface area contributed by atoms with Crippen LogP contribution in [0.4, 0.5) is 0 Å². The van der Waals surface area contributed by atoms with Crippen LogP contribution in [0.1, 0.15) is 16.7 Å². The number of benzene rings is 6. The molecule has 8 rings (SSSR count). The SMILES string of the molecule is N=C(N=C(/C=C/c1ccc2c3cccc4c5ccccc5n(c2c1)c43)c1cccc(-c2ccccc2)c1)c1ccccc1. The van der Waals surface area contributed by atoms with Crippen LogP contribution >= 0.6 is 0 Å². The molecule has 0 atom stereocenters. The summed E-state index contributed by atoms with van der Waals surface area (Å²) in [6.45, 7) is 0. The van der Waals surface area contributed by atoms with Crippen LogP contribution in [0.5, 0.6) is 0 Å². The quantitative estimate of drug-likeness (QED) is 0.164. The second-order valence-electron chi connectivity index (χ2n) is 10.8. The van der Waals surface area contributed by atoms with Gasteiger partial charge in [-0.2, -0.15) is 0 Å². The van der Waals surface area contributed by atoms with Gasteiger partial charge in [-0.05, 0) is 41.0 Å². The third-order valence-electron chi connectivity index (χ3n) is 8.23. The van der Waals surface area contributed by atoms with E-state index >= 15 is 0 Å². The van der Waals surface area contributed by atoms with Crippen molar-refractivity contribution in [2.45, 2.75) is 0 Å². The first-order valence-corrected chi connectivity index (χ1v) is 14.5. The molecule has 202 valence electrons. The highest BCUT2D eigenvalue weighted by Gasteiger charge is 2.16. The van der Waals surface area contributed by atoms with Crippen LogP contribution in [0, 0.1) is 5.41 Å². The van der Waals surface area contributed by atoms with E-state index in [0.717, 1.165) is 33.5 Å². The summed E-state index contributed by atoms with van der Waals surface area (Å²) in [6.07, 6.45) is 4.15. The highest BCUT2D eigenvalue weighted by atomic mass is 14.9. The topological polar surface area (TPSA) is 40.6 Å². The largest absolute Gasteiger partial charge is 0.308 e. The Hall–Kier alpha value is -5.80. The van der Waals surface area contributed by atoms with Crippen molar-refractivity contribution in [3.8, 4) is 11.1 Å². The lowest BCUT2D eigenvalue weighted by Crippen LogP contribution is -2.04. The van der Waals surface area contributed by atoms with Gasteiger partial charge in [0.25, 0.3) is 0 Å². The molecule has 1 N–H and O–H groups in total. The van der Waals surface area contributed by atoms with Gasteiger partial charge >= 0.3 is 0 Å². The number of fused-ring (bicyclic) bond motifs is 6. The predicted molar refractivity (Wildman–Crippen MR) is 182 cm³/mol. The maximum atomic E-state index is 8.78. The molecule has 6 aromatic carbocycles.